The zero-order chi connectivity index (χ0) is 18.5. The smallest absolute Gasteiger partial charge is 0.253 e. The van der Waals surface area contributed by atoms with Crippen LogP contribution < -0.4 is 9.47 Å². The first kappa shape index (κ1) is 18.2. The molecule has 0 bridgehead atoms. The molecule has 5 nitrogen and oxygen atoms in total. The van der Waals surface area contributed by atoms with Gasteiger partial charge in [0.1, 0.15) is 0 Å². The summed E-state index contributed by atoms with van der Waals surface area (Å²) in [4.78, 5) is 18.8. The lowest BCUT2D eigenvalue weighted by Gasteiger charge is -2.32. The van der Waals surface area contributed by atoms with E-state index in [0.29, 0.717) is 31.1 Å². The van der Waals surface area contributed by atoms with Crippen molar-refractivity contribution in [1.29, 1.82) is 0 Å². The molecule has 138 valence electrons. The number of amides is 1. The van der Waals surface area contributed by atoms with Crippen molar-refractivity contribution in [3.05, 3.63) is 53.5 Å². The van der Waals surface area contributed by atoms with Crippen molar-refractivity contribution in [3.63, 3.8) is 0 Å². The second-order valence-electron chi connectivity index (χ2n) is 6.54. The zero-order valence-corrected chi connectivity index (χ0v) is 15.1. The summed E-state index contributed by atoms with van der Waals surface area (Å²) in [6, 6.07) is 9.98. The van der Waals surface area contributed by atoms with E-state index in [4.69, 9.17) is 9.47 Å². The quantitative estimate of drug-likeness (QED) is 0.821. The normalized spacial score (nSPS) is 17.0. The number of carbonyl (C=O) groups excluding carboxylic acids is 1. The van der Waals surface area contributed by atoms with Crippen LogP contribution in [0.25, 0.3) is 0 Å². The lowest BCUT2D eigenvalue weighted by molar-refractivity contribution is 0.0630. The molecule has 1 saturated heterocycles. The average molecular weight is 358 g/mol. The van der Waals surface area contributed by atoms with Gasteiger partial charge in [-0.15, -0.1) is 0 Å². The summed E-state index contributed by atoms with van der Waals surface area (Å²) in [7, 11) is 1.40. The third-order valence-corrected chi connectivity index (χ3v) is 4.53. The van der Waals surface area contributed by atoms with Crippen molar-refractivity contribution in [3.8, 4) is 11.6 Å². The molecule has 1 aliphatic rings. The molecule has 26 heavy (non-hydrogen) atoms. The Labute approximate surface area is 152 Å². The highest BCUT2D eigenvalue weighted by Crippen LogP contribution is 2.22. The van der Waals surface area contributed by atoms with Gasteiger partial charge in [0.15, 0.2) is 11.6 Å². The van der Waals surface area contributed by atoms with Crippen molar-refractivity contribution in [2.75, 3.05) is 26.8 Å². The monoisotopic (exact) mass is 358 g/mol. The highest BCUT2D eigenvalue weighted by molar-refractivity contribution is 5.94. The number of nitrogens with zero attached hydrogens (tertiary/aromatic N) is 2. The molecular weight excluding hydrogens is 335 g/mol. The van der Waals surface area contributed by atoms with Gasteiger partial charge in [0.25, 0.3) is 5.91 Å². The van der Waals surface area contributed by atoms with E-state index in [1.54, 1.807) is 11.0 Å². The lowest BCUT2D eigenvalue weighted by atomic mass is 9.98. The summed E-state index contributed by atoms with van der Waals surface area (Å²) in [6.45, 7) is 3.70. The van der Waals surface area contributed by atoms with Crippen LogP contribution in [0.2, 0.25) is 0 Å². The Hall–Kier alpha value is -2.63. The van der Waals surface area contributed by atoms with E-state index in [1.165, 1.54) is 19.2 Å². The number of piperidine rings is 1. The summed E-state index contributed by atoms with van der Waals surface area (Å²) in [5.41, 5.74) is 1.25. The molecule has 0 spiro atoms. The number of benzene rings is 1. The largest absolute Gasteiger partial charge is 0.494 e. The Morgan fingerprint density at radius 3 is 2.92 bits per heavy atom. The van der Waals surface area contributed by atoms with E-state index < -0.39 is 5.82 Å². The minimum absolute atomic E-state index is 0.136. The zero-order valence-electron chi connectivity index (χ0n) is 15.1. The van der Waals surface area contributed by atoms with E-state index in [0.717, 1.165) is 18.5 Å². The Balaban J connectivity index is 1.60. The number of aryl methyl sites for hydroxylation is 1. The number of carbonyl (C=O) groups is 1. The first-order chi connectivity index (χ1) is 12.6. The SMILES string of the molecule is COc1ccc(C(=O)N2CCCC(COc3cccc(C)n3)C2)cc1F. The number of methoxy groups -OCH3 is 1. The summed E-state index contributed by atoms with van der Waals surface area (Å²) >= 11 is 0. The maximum atomic E-state index is 13.9. The lowest BCUT2D eigenvalue weighted by Crippen LogP contribution is -2.41. The van der Waals surface area contributed by atoms with Crippen LogP contribution in [0.15, 0.2) is 36.4 Å². The second kappa shape index (κ2) is 8.17. The molecule has 0 radical (unpaired) electrons. The fourth-order valence-electron chi connectivity index (χ4n) is 3.17. The van der Waals surface area contributed by atoms with E-state index in [-0.39, 0.29) is 17.6 Å². The molecular formula is C20H23FN2O3. The second-order valence-corrected chi connectivity index (χ2v) is 6.54. The Kier molecular flexibility index (Phi) is 5.71. The van der Waals surface area contributed by atoms with Crippen molar-refractivity contribution in [2.45, 2.75) is 19.8 Å². The molecule has 1 aromatic carbocycles. The van der Waals surface area contributed by atoms with Crippen molar-refractivity contribution in [1.82, 2.24) is 9.88 Å². The molecule has 0 saturated carbocycles. The van der Waals surface area contributed by atoms with Crippen LogP contribution in [0.5, 0.6) is 11.6 Å². The predicted octanol–water partition coefficient (Wildman–Crippen LogP) is 3.47. The fraction of sp³-hybridized carbons (Fsp3) is 0.400. The standard InChI is InChI=1S/C20H23FN2O3/c1-14-5-3-7-19(22-14)26-13-15-6-4-10-23(12-15)20(24)16-8-9-18(25-2)17(21)11-16/h3,5,7-9,11,15H,4,6,10,12-13H2,1-2H3. The van der Waals surface area contributed by atoms with Crippen molar-refractivity contribution >= 4 is 5.91 Å². The van der Waals surface area contributed by atoms with Gasteiger partial charge in [-0.1, -0.05) is 6.07 Å². The number of ether oxygens (including phenoxy) is 2. The summed E-state index contributed by atoms with van der Waals surface area (Å²) in [6.07, 6.45) is 1.90. The molecule has 0 aliphatic carbocycles. The number of rotatable bonds is 5. The van der Waals surface area contributed by atoms with Crippen molar-refractivity contribution in [2.24, 2.45) is 5.92 Å². The van der Waals surface area contributed by atoms with Crippen LogP contribution in [0.3, 0.4) is 0 Å². The van der Waals surface area contributed by atoms with E-state index in [1.807, 2.05) is 25.1 Å². The Morgan fingerprint density at radius 2 is 2.19 bits per heavy atom. The van der Waals surface area contributed by atoms with Crippen LogP contribution in [0.4, 0.5) is 4.39 Å². The molecule has 0 N–H and O–H groups in total. The molecule has 1 atom stereocenters. The van der Waals surface area contributed by atoms with Gasteiger partial charge in [-0.25, -0.2) is 9.37 Å². The van der Waals surface area contributed by atoms with Gasteiger partial charge in [-0.2, -0.15) is 0 Å². The Morgan fingerprint density at radius 1 is 1.35 bits per heavy atom. The van der Waals surface area contributed by atoms with Gasteiger partial charge in [0.2, 0.25) is 5.88 Å². The highest BCUT2D eigenvalue weighted by Gasteiger charge is 2.25. The predicted molar refractivity (Wildman–Crippen MR) is 96.0 cm³/mol. The van der Waals surface area contributed by atoms with Gasteiger partial charge < -0.3 is 14.4 Å². The highest BCUT2D eigenvalue weighted by atomic mass is 19.1. The minimum atomic E-state index is -0.527. The molecule has 2 aromatic rings. The van der Waals surface area contributed by atoms with Crippen LogP contribution in [0, 0.1) is 18.7 Å². The number of halogens is 1. The molecule has 2 heterocycles. The average Bonchev–Trinajstić information content (AvgIpc) is 2.66. The third kappa shape index (κ3) is 4.31. The van der Waals surface area contributed by atoms with Crippen molar-refractivity contribution < 1.29 is 18.7 Å². The maximum Gasteiger partial charge on any atom is 0.253 e. The first-order valence-electron chi connectivity index (χ1n) is 8.76. The topological polar surface area (TPSA) is 51.7 Å². The van der Waals surface area contributed by atoms with Gasteiger partial charge in [0.05, 0.1) is 13.7 Å². The van der Waals surface area contributed by atoms with E-state index in [9.17, 15) is 9.18 Å². The fourth-order valence-corrected chi connectivity index (χ4v) is 3.17. The summed E-state index contributed by atoms with van der Waals surface area (Å²) in [5, 5.41) is 0. The van der Waals surface area contributed by atoms with Gasteiger partial charge in [0, 0.05) is 36.3 Å². The summed E-state index contributed by atoms with van der Waals surface area (Å²) < 4.78 is 24.6. The molecule has 1 fully saturated rings. The minimum Gasteiger partial charge on any atom is -0.494 e. The molecule has 1 aromatic heterocycles. The van der Waals surface area contributed by atoms with E-state index in [2.05, 4.69) is 4.98 Å². The number of hydrogen-bond donors (Lipinski definition) is 0. The molecule has 6 heteroatoms. The van der Waals surface area contributed by atoms with Crippen LogP contribution >= 0.6 is 0 Å². The van der Waals surface area contributed by atoms with Gasteiger partial charge in [-0.3, -0.25) is 4.79 Å². The summed E-state index contributed by atoms with van der Waals surface area (Å²) in [5.74, 6) is 0.284. The van der Waals surface area contributed by atoms with Crippen LogP contribution in [-0.2, 0) is 0 Å². The molecule has 1 unspecified atom stereocenters. The number of aromatic nitrogens is 1. The van der Waals surface area contributed by atoms with Gasteiger partial charge >= 0.3 is 0 Å². The number of pyridine rings is 1. The van der Waals surface area contributed by atoms with Crippen LogP contribution in [-0.4, -0.2) is 42.6 Å². The van der Waals surface area contributed by atoms with Crippen LogP contribution in [0.1, 0.15) is 28.9 Å². The third-order valence-electron chi connectivity index (χ3n) is 4.53. The molecule has 1 amide bonds. The Bertz CT molecular complexity index is 781. The molecule has 3 rings (SSSR count). The van der Waals surface area contributed by atoms with Gasteiger partial charge in [-0.05, 0) is 44.0 Å². The van der Waals surface area contributed by atoms with E-state index >= 15 is 0 Å². The number of likely N-dealkylation sites (tertiary alicyclic amines) is 1. The maximum absolute atomic E-state index is 13.9. The number of hydrogen-bond acceptors (Lipinski definition) is 4. The molecule has 1 aliphatic heterocycles. The first-order valence-corrected chi connectivity index (χ1v) is 8.76.